The standard InChI is InChI=1S/C22H28FN3O2/c1-3-25-10-12-26(13-11-25)16-17-4-7-19(8-5-17)24-22(27)15-18-6-9-21(28-2)20(23)14-18/h4-9,14H,3,10-13,15-16H2,1-2H3,(H,24,27). The monoisotopic (exact) mass is 385 g/mol. The molecule has 0 spiro atoms. The van der Waals surface area contributed by atoms with Gasteiger partial charge in [-0.05, 0) is 41.9 Å². The number of nitrogens with zero attached hydrogens (tertiary/aromatic N) is 2. The number of halogens is 1. The van der Waals surface area contributed by atoms with Gasteiger partial charge in [0, 0.05) is 38.4 Å². The summed E-state index contributed by atoms with van der Waals surface area (Å²) in [6.45, 7) is 8.67. The van der Waals surface area contributed by atoms with E-state index in [2.05, 4.69) is 34.2 Å². The Labute approximate surface area is 166 Å². The fourth-order valence-electron chi connectivity index (χ4n) is 3.43. The SMILES string of the molecule is CCN1CCN(Cc2ccc(NC(=O)Cc3ccc(OC)c(F)c3)cc2)CC1. The summed E-state index contributed by atoms with van der Waals surface area (Å²) in [5.41, 5.74) is 2.59. The van der Waals surface area contributed by atoms with E-state index >= 15 is 0 Å². The number of hydrogen-bond acceptors (Lipinski definition) is 4. The van der Waals surface area contributed by atoms with Crippen LogP contribution >= 0.6 is 0 Å². The number of rotatable bonds is 7. The van der Waals surface area contributed by atoms with Crippen molar-refractivity contribution in [3.63, 3.8) is 0 Å². The first-order valence-corrected chi connectivity index (χ1v) is 9.73. The maximum atomic E-state index is 13.7. The quantitative estimate of drug-likeness (QED) is 0.795. The molecule has 1 aliphatic rings. The minimum Gasteiger partial charge on any atom is -0.494 e. The lowest BCUT2D eigenvalue weighted by Gasteiger charge is -2.34. The summed E-state index contributed by atoms with van der Waals surface area (Å²) in [7, 11) is 1.42. The predicted molar refractivity (Wildman–Crippen MR) is 109 cm³/mol. The van der Waals surface area contributed by atoms with Crippen molar-refractivity contribution >= 4 is 11.6 Å². The molecule has 0 radical (unpaired) electrons. The van der Waals surface area contributed by atoms with E-state index in [9.17, 15) is 9.18 Å². The molecule has 6 heteroatoms. The third-order valence-corrected chi connectivity index (χ3v) is 5.14. The second kappa shape index (κ2) is 9.66. The van der Waals surface area contributed by atoms with Gasteiger partial charge in [0.25, 0.3) is 0 Å². The Hall–Kier alpha value is -2.44. The van der Waals surface area contributed by atoms with Crippen molar-refractivity contribution in [3.05, 3.63) is 59.4 Å². The number of benzene rings is 2. The van der Waals surface area contributed by atoms with Crippen molar-refractivity contribution in [1.82, 2.24) is 9.80 Å². The molecule has 1 amide bonds. The van der Waals surface area contributed by atoms with Crippen LogP contribution in [0.4, 0.5) is 10.1 Å². The molecule has 2 aromatic rings. The Balaban J connectivity index is 1.49. The highest BCUT2D eigenvalue weighted by Crippen LogP contribution is 2.18. The van der Waals surface area contributed by atoms with Gasteiger partial charge in [-0.25, -0.2) is 4.39 Å². The van der Waals surface area contributed by atoms with Gasteiger partial charge in [0.1, 0.15) is 0 Å². The van der Waals surface area contributed by atoms with E-state index in [-0.39, 0.29) is 18.1 Å². The molecule has 0 bridgehead atoms. The molecule has 2 aromatic carbocycles. The summed E-state index contributed by atoms with van der Waals surface area (Å²) in [5, 5.41) is 2.87. The Morgan fingerprint density at radius 2 is 1.68 bits per heavy atom. The zero-order valence-electron chi connectivity index (χ0n) is 16.6. The van der Waals surface area contributed by atoms with Gasteiger partial charge in [-0.3, -0.25) is 9.69 Å². The second-order valence-corrected chi connectivity index (χ2v) is 7.10. The van der Waals surface area contributed by atoms with E-state index < -0.39 is 5.82 Å². The maximum absolute atomic E-state index is 13.7. The van der Waals surface area contributed by atoms with Crippen LogP contribution in [0.1, 0.15) is 18.1 Å². The smallest absolute Gasteiger partial charge is 0.228 e. The Kier molecular flexibility index (Phi) is 7.01. The summed E-state index contributed by atoms with van der Waals surface area (Å²) in [6, 6.07) is 12.5. The first-order chi connectivity index (χ1) is 13.6. The van der Waals surface area contributed by atoms with E-state index in [0.29, 0.717) is 5.56 Å². The molecule has 3 rings (SSSR count). The minimum absolute atomic E-state index is 0.115. The summed E-state index contributed by atoms with van der Waals surface area (Å²) in [5.74, 6) is -0.458. The molecule has 1 aliphatic heterocycles. The van der Waals surface area contributed by atoms with E-state index in [1.807, 2.05) is 12.1 Å². The average molecular weight is 385 g/mol. The molecule has 1 saturated heterocycles. The van der Waals surface area contributed by atoms with Gasteiger partial charge in [0.05, 0.1) is 13.5 Å². The van der Waals surface area contributed by atoms with Crippen molar-refractivity contribution in [2.24, 2.45) is 0 Å². The fraction of sp³-hybridized carbons (Fsp3) is 0.409. The van der Waals surface area contributed by atoms with E-state index in [0.717, 1.165) is 45.0 Å². The lowest BCUT2D eigenvalue weighted by atomic mass is 10.1. The van der Waals surface area contributed by atoms with Crippen molar-refractivity contribution in [2.75, 3.05) is 45.2 Å². The summed E-state index contributed by atoms with van der Waals surface area (Å²) in [6.07, 6.45) is 0.115. The number of likely N-dealkylation sites (N-methyl/N-ethyl adjacent to an activating group) is 1. The van der Waals surface area contributed by atoms with E-state index in [1.54, 1.807) is 6.07 Å². The molecule has 0 atom stereocenters. The number of carbonyl (C=O) groups excluding carboxylic acids is 1. The lowest BCUT2D eigenvalue weighted by Crippen LogP contribution is -2.45. The van der Waals surface area contributed by atoms with Gasteiger partial charge in [-0.2, -0.15) is 0 Å². The van der Waals surface area contributed by atoms with Crippen molar-refractivity contribution in [3.8, 4) is 5.75 Å². The predicted octanol–water partition coefficient (Wildman–Crippen LogP) is 3.15. The molecular formula is C22H28FN3O2. The van der Waals surface area contributed by atoms with Crippen LogP contribution in [0.25, 0.3) is 0 Å². The zero-order chi connectivity index (χ0) is 19.9. The van der Waals surface area contributed by atoms with Gasteiger partial charge in [0.15, 0.2) is 11.6 Å². The first kappa shape index (κ1) is 20.3. The van der Waals surface area contributed by atoms with Crippen molar-refractivity contribution in [1.29, 1.82) is 0 Å². The van der Waals surface area contributed by atoms with E-state index in [4.69, 9.17) is 4.74 Å². The maximum Gasteiger partial charge on any atom is 0.228 e. The topological polar surface area (TPSA) is 44.8 Å². The van der Waals surface area contributed by atoms with Crippen LogP contribution in [0.2, 0.25) is 0 Å². The summed E-state index contributed by atoms with van der Waals surface area (Å²) in [4.78, 5) is 17.1. The van der Waals surface area contributed by atoms with Crippen LogP contribution in [0.15, 0.2) is 42.5 Å². The molecule has 0 unspecified atom stereocenters. The third kappa shape index (κ3) is 5.53. The van der Waals surface area contributed by atoms with Gasteiger partial charge in [0.2, 0.25) is 5.91 Å². The first-order valence-electron chi connectivity index (χ1n) is 9.73. The van der Waals surface area contributed by atoms with Gasteiger partial charge >= 0.3 is 0 Å². The summed E-state index contributed by atoms with van der Waals surface area (Å²) < 4.78 is 18.6. The number of carbonyl (C=O) groups is 1. The second-order valence-electron chi connectivity index (χ2n) is 7.10. The highest BCUT2D eigenvalue weighted by Gasteiger charge is 2.15. The highest BCUT2D eigenvalue weighted by molar-refractivity contribution is 5.92. The number of hydrogen-bond donors (Lipinski definition) is 1. The largest absolute Gasteiger partial charge is 0.494 e. The Morgan fingerprint density at radius 1 is 1.04 bits per heavy atom. The van der Waals surface area contributed by atoms with E-state index in [1.165, 1.54) is 24.8 Å². The molecule has 1 fully saturated rings. The van der Waals surface area contributed by atoms with Gasteiger partial charge in [-0.15, -0.1) is 0 Å². The molecule has 0 aliphatic carbocycles. The molecule has 0 saturated carbocycles. The highest BCUT2D eigenvalue weighted by atomic mass is 19.1. The average Bonchev–Trinajstić information content (AvgIpc) is 2.70. The molecule has 5 nitrogen and oxygen atoms in total. The Morgan fingerprint density at radius 3 is 2.29 bits per heavy atom. The van der Waals surface area contributed by atoms with Crippen molar-refractivity contribution < 1.29 is 13.9 Å². The number of amides is 1. The zero-order valence-corrected chi connectivity index (χ0v) is 16.6. The number of anilines is 1. The van der Waals surface area contributed by atoms with Crippen LogP contribution in [0.5, 0.6) is 5.75 Å². The van der Waals surface area contributed by atoms with Crippen LogP contribution < -0.4 is 10.1 Å². The molecule has 28 heavy (non-hydrogen) atoms. The molecular weight excluding hydrogens is 357 g/mol. The van der Waals surface area contributed by atoms with Gasteiger partial charge < -0.3 is 15.0 Å². The lowest BCUT2D eigenvalue weighted by molar-refractivity contribution is -0.115. The number of methoxy groups -OCH3 is 1. The molecule has 1 heterocycles. The summed E-state index contributed by atoms with van der Waals surface area (Å²) >= 11 is 0. The normalized spacial score (nSPS) is 15.4. The minimum atomic E-state index is -0.461. The number of ether oxygens (including phenoxy) is 1. The van der Waals surface area contributed by atoms with Crippen molar-refractivity contribution in [2.45, 2.75) is 19.9 Å². The fourth-order valence-corrected chi connectivity index (χ4v) is 3.43. The molecule has 0 aromatic heterocycles. The van der Waals surface area contributed by atoms with Crippen LogP contribution in [-0.2, 0) is 17.8 Å². The van der Waals surface area contributed by atoms with Crippen LogP contribution in [0.3, 0.4) is 0 Å². The molecule has 1 N–H and O–H groups in total. The Bertz CT molecular complexity index is 787. The van der Waals surface area contributed by atoms with Crippen LogP contribution in [0, 0.1) is 5.82 Å². The van der Waals surface area contributed by atoms with Gasteiger partial charge in [-0.1, -0.05) is 25.1 Å². The third-order valence-electron chi connectivity index (χ3n) is 5.14. The number of piperazine rings is 1. The molecule has 150 valence electrons. The number of nitrogens with one attached hydrogen (secondary N) is 1. The van der Waals surface area contributed by atoms with Crippen LogP contribution in [-0.4, -0.2) is 55.5 Å².